The van der Waals surface area contributed by atoms with Crippen LogP contribution in [-0.4, -0.2) is 12.2 Å². The minimum atomic E-state index is -1.21. The number of ether oxygens (including phenoxy) is 1. The molecule has 0 radical (unpaired) electrons. The lowest BCUT2D eigenvalue weighted by atomic mass is 9.99. The third-order valence-corrected chi connectivity index (χ3v) is 2.88. The summed E-state index contributed by atoms with van der Waals surface area (Å²) in [5.74, 6) is -0.680. The van der Waals surface area contributed by atoms with Crippen LogP contribution < -0.4 is 4.74 Å². The van der Waals surface area contributed by atoms with Crippen LogP contribution >= 0.6 is 0 Å². The van der Waals surface area contributed by atoms with Crippen molar-refractivity contribution in [3.8, 4) is 5.75 Å². The van der Waals surface area contributed by atoms with E-state index >= 15 is 0 Å². The molecule has 0 aromatic heterocycles. The van der Waals surface area contributed by atoms with Gasteiger partial charge in [-0.15, -0.1) is 0 Å². The largest absolute Gasteiger partial charge is 0.497 e. The van der Waals surface area contributed by atoms with Crippen molar-refractivity contribution in [1.29, 1.82) is 0 Å². The number of aryl methyl sites for hydroxylation is 1. The summed E-state index contributed by atoms with van der Waals surface area (Å²) in [6.45, 7) is 1.71. The number of aliphatic hydroxyl groups excluding tert-OH is 1. The number of hydrogen-bond donors (Lipinski definition) is 1. The van der Waals surface area contributed by atoms with Gasteiger partial charge in [-0.1, -0.05) is 6.07 Å². The van der Waals surface area contributed by atoms with Gasteiger partial charge in [-0.25, -0.2) is 8.78 Å². The topological polar surface area (TPSA) is 29.5 Å². The normalized spacial score (nSPS) is 12.3. The summed E-state index contributed by atoms with van der Waals surface area (Å²) >= 11 is 0. The molecule has 0 saturated carbocycles. The maximum absolute atomic E-state index is 13.8. The van der Waals surface area contributed by atoms with Gasteiger partial charge in [-0.3, -0.25) is 0 Å². The molecule has 0 heterocycles. The number of methoxy groups -OCH3 is 1. The minimum absolute atomic E-state index is 0.0887. The first-order valence-electron chi connectivity index (χ1n) is 5.80. The molecule has 2 aromatic carbocycles. The van der Waals surface area contributed by atoms with Crippen molar-refractivity contribution in [2.45, 2.75) is 13.0 Å². The molecule has 0 fully saturated rings. The minimum Gasteiger partial charge on any atom is -0.497 e. The summed E-state index contributed by atoms with van der Waals surface area (Å²) in [4.78, 5) is 0. The van der Waals surface area contributed by atoms with Crippen molar-refractivity contribution in [3.63, 3.8) is 0 Å². The molecule has 2 rings (SSSR count). The molecule has 0 spiro atoms. The highest BCUT2D eigenvalue weighted by Crippen LogP contribution is 2.27. The van der Waals surface area contributed by atoms with E-state index in [1.54, 1.807) is 19.1 Å². The fourth-order valence-corrected chi connectivity index (χ4v) is 1.96. The molecule has 1 N–H and O–H groups in total. The van der Waals surface area contributed by atoms with E-state index < -0.39 is 17.7 Å². The van der Waals surface area contributed by atoms with E-state index in [1.165, 1.54) is 31.4 Å². The molecule has 4 heteroatoms. The molecule has 2 aromatic rings. The number of benzene rings is 2. The summed E-state index contributed by atoms with van der Waals surface area (Å²) in [6.07, 6.45) is -1.21. The Kier molecular flexibility index (Phi) is 3.81. The van der Waals surface area contributed by atoms with Crippen molar-refractivity contribution in [3.05, 3.63) is 64.7 Å². The first kappa shape index (κ1) is 13.5. The maximum Gasteiger partial charge on any atom is 0.133 e. The van der Waals surface area contributed by atoms with Crippen LogP contribution in [0.2, 0.25) is 0 Å². The smallest absolute Gasteiger partial charge is 0.133 e. The second-order valence-corrected chi connectivity index (χ2v) is 4.35. The Bertz CT molecular complexity index is 576. The molecule has 2 nitrogen and oxygen atoms in total. The Morgan fingerprint density at radius 2 is 1.84 bits per heavy atom. The van der Waals surface area contributed by atoms with Crippen LogP contribution in [0.1, 0.15) is 22.8 Å². The zero-order chi connectivity index (χ0) is 14.0. The Balaban J connectivity index is 2.40. The van der Waals surface area contributed by atoms with E-state index in [0.717, 1.165) is 0 Å². The predicted octanol–water partition coefficient (Wildman–Crippen LogP) is 3.36. The molecule has 1 unspecified atom stereocenters. The van der Waals surface area contributed by atoms with Gasteiger partial charge < -0.3 is 9.84 Å². The third-order valence-electron chi connectivity index (χ3n) is 2.88. The lowest BCUT2D eigenvalue weighted by Gasteiger charge is -2.14. The van der Waals surface area contributed by atoms with Crippen molar-refractivity contribution in [2.24, 2.45) is 0 Å². The standard InChI is InChI=1S/C15H14F2O2/c1-9-5-10(7-11(16)6-9)15(18)13-4-3-12(19-2)8-14(13)17/h3-8,15,18H,1-2H3. The van der Waals surface area contributed by atoms with Crippen LogP contribution in [0.15, 0.2) is 36.4 Å². The fraction of sp³-hybridized carbons (Fsp3) is 0.200. The first-order chi connectivity index (χ1) is 9.01. The van der Waals surface area contributed by atoms with Crippen LogP contribution in [-0.2, 0) is 0 Å². The molecule has 0 aliphatic heterocycles. The van der Waals surface area contributed by atoms with E-state index in [-0.39, 0.29) is 5.56 Å². The Hall–Kier alpha value is -1.94. The highest BCUT2D eigenvalue weighted by Gasteiger charge is 2.16. The van der Waals surface area contributed by atoms with E-state index in [1.807, 2.05) is 0 Å². The zero-order valence-electron chi connectivity index (χ0n) is 10.7. The average molecular weight is 264 g/mol. The summed E-state index contributed by atoms with van der Waals surface area (Å²) in [6, 6.07) is 8.33. The van der Waals surface area contributed by atoms with Gasteiger partial charge in [0.1, 0.15) is 23.5 Å². The van der Waals surface area contributed by atoms with Gasteiger partial charge in [0.15, 0.2) is 0 Å². The van der Waals surface area contributed by atoms with E-state index in [9.17, 15) is 13.9 Å². The quantitative estimate of drug-likeness (QED) is 0.921. The molecule has 0 amide bonds. The molecule has 100 valence electrons. The highest BCUT2D eigenvalue weighted by atomic mass is 19.1. The Morgan fingerprint density at radius 1 is 1.11 bits per heavy atom. The lowest BCUT2D eigenvalue weighted by Crippen LogP contribution is -2.04. The van der Waals surface area contributed by atoms with Gasteiger partial charge in [-0.2, -0.15) is 0 Å². The molecule has 0 saturated heterocycles. The van der Waals surface area contributed by atoms with Crippen LogP contribution in [0.5, 0.6) is 5.75 Å². The lowest BCUT2D eigenvalue weighted by molar-refractivity contribution is 0.214. The molecule has 1 atom stereocenters. The van der Waals surface area contributed by atoms with E-state index in [4.69, 9.17) is 4.74 Å². The summed E-state index contributed by atoms with van der Waals surface area (Å²) in [5.41, 5.74) is 1.08. The Morgan fingerprint density at radius 3 is 2.42 bits per heavy atom. The molecule has 0 bridgehead atoms. The number of halogens is 2. The second-order valence-electron chi connectivity index (χ2n) is 4.35. The Labute approximate surface area is 110 Å². The van der Waals surface area contributed by atoms with Gasteiger partial charge in [0.05, 0.1) is 7.11 Å². The van der Waals surface area contributed by atoms with Crippen molar-refractivity contribution < 1.29 is 18.6 Å². The first-order valence-corrected chi connectivity index (χ1v) is 5.80. The predicted molar refractivity (Wildman–Crippen MR) is 68.2 cm³/mol. The van der Waals surface area contributed by atoms with Gasteiger partial charge in [0.2, 0.25) is 0 Å². The SMILES string of the molecule is COc1ccc(C(O)c2cc(C)cc(F)c2)c(F)c1. The number of aliphatic hydroxyl groups is 1. The van der Waals surface area contributed by atoms with Crippen LogP contribution in [0.3, 0.4) is 0 Å². The molecule has 19 heavy (non-hydrogen) atoms. The second kappa shape index (κ2) is 5.36. The van der Waals surface area contributed by atoms with E-state index in [0.29, 0.717) is 16.9 Å². The maximum atomic E-state index is 13.8. The van der Waals surface area contributed by atoms with Gasteiger partial charge in [0.25, 0.3) is 0 Å². The molecular weight excluding hydrogens is 250 g/mol. The van der Waals surface area contributed by atoms with Crippen molar-refractivity contribution >= 4 is 0 Å². The fourth-order valence-electron chi connectivity index (χ4n) is 1.96. The number of hydrogen-bond acceptors (Lipinski definition) is 2. The molecule has 0 aliphatic carbocycles. The van der Waals surface area contributed by atoms with Crippen molar-refractivity contribution in [1.82, 2.24) is 0 Å². The van der Waals surface area contributed by atoms with Gasteiger partial charge in [0, 0.05) is 11.6 Å². The van der Waals surface area contributed by atoms with Crippen LogP contribution in [0.25, 0.3) is 0 Å². The van der Waals surface area contributed by atoms with E-state index in [2.05, 4.69) is 0 Å². The summed E-state index contributed by atoms with van der Waals surface area (Å²) in [7, 11) is 1.43. The third kappa shape index (κ3) is 2.90. The summed E-state index contributed by atoms with van der Waals surface area (Å²) < 4.78 is 32.0. The van der Waals surface area contributed by atoms with Crippen molar-refractivity contribution in [2.75, 3.05) is 7.11 Å². The molecule has 0 aliphatic rings. The molecular formula is C15H14F2O2. The number of rotatable bonds is 3. The average Bonchev–Trinajstić information content (AvgIpc) is 2.36. The van der Waals surface area contributed by atoms with Crippen LogP contribution in [0.4, 0.5) is 8.78 Å². The van der Waals surface area contributed by atoms with Crippen LogP contribution in [0, 0.1) is 18.6 Å². The highest BCUT2D eigenvalue weighted by molar-refractivity contribution is 5.36. The van der Waals surface area contributed by atoms with Gasteiger partial charge >= 0.3 is 0 Å². The van der Waals surface area contributed by atoms with Gasteiger partial charge in [-0.05, 0) is 42.3 Å². The monoisotopic (exact) mass is 264 g/mol. The summed E-state index contributed by atoms with van der Waals surface area (Å²) in [5, 5.41) is 10.1. The zero-order valence-corrected chi connectivity index (χ0v) is 10.7.